The van der Waals surface area contributed by atoms with Gasteiger partial charge < -0.3 is 0 Å². The molecule has 24 heavy (non-hydrogen) atoms. The van der Waals surface area contributed by atoms with Crippen LogP contribution in [0, 0.1) is 5.92 Å². The molecule has 2 rings (SSSR count). The Kier molecular flexibility index (Phi) is 7.18. The zero-order valence-corrected chi connectivity index (χ0v) is 15.0. The molecule has 0 heterocycles. The van der Waals surface area contributed by atoms with Crippen molar-refractivity contribution in [1.29, 1.82) is 0 Å². The molecule has 1 atom stereocenters. The van der Waals surface area contributed by atoms with Crippen molar-refractivity contribution >= 4 is 0 Å². The van der Waals surface area contributed by atoms with E-state index in [0.29, 0.717) is 5.92 Å². The van der Waals surface area contributed by atoms with Gasteiger partial charge in [0.25, 0.3) is 5.92 Å². The van der Waals surface area contributed by atoms with Gasteiger partial charge in [0.2, 0.25) is 0 Å². The topological polar surface area (TPSA) is 0 Å². The first-order valence-corrected chi connectivity index (χ1v) is 9.59. The zero-order chi connectivity index (χ0) is 17.6. The van der Waals surface area contributed by atoms with Crippen LogP contribution in [-0.2, 0) is 0 Å². The minimum atomic E-state index is -3.27. The molecule has 0 nitrogen and oxygen atoms in total. The van der Waals surface area contributed by atoms with Gasteiger partial charge in [0.05, 0.1) is 0 Å². The summed E-state index contributed by atoms with van der Waals surface area (Å²) < 4.78 is 41.6. The Morgan fingerprint density at radius 3 is 2.17 bits per heavy atom. The molecule has 0 amide bonds. The summed E-state index contributed by atoms with van der Waals surface area (Å²) >= 11 is 0. The fourth-order valence-corrected chi connectivity index (χ4v) is 3.92. The van der Waals surface area contributed by atoms with Crippen molar-refractivity contribution in [3.05, 3.63) is 35.4 Å². The summed E-state index contributed by atoms with van der Waals surface area (Å²) in [5, 5.41) is 0. The molecular weight excluding hydrogens is 309 g/mol. The summed E-state index contributed by atoms with van der Waals surface area (Å²) in [5.41, 5.74) is 1.28. The van der Waals surface area contributed by atoms with E-state index in [0.717, 1.165) is 5.92 Å². The van der Waals surface area contributed by atoms with E-state index >= 15 is 0 Å². The number of halogens is 3. The first-order valence-electron chi connectivity index (χ1n) is 9.59. The third kappa shape index (κ3) is 5.00. The van der Waals surface area contributed by atoms with Crippen molar-refractivity contribution in [2.75, 3.05) is 0 Å². The Labute approximate surface area is 144 Å². The fourth-order valence-electron chi connectivity index (χ4n) is 3.92. The van der Waals surface area contributed by atoms with Crippen molar-refractivity contribution in [3.63, 3.8) is 0 Å². The molecule has 1 saturated carbocycles. The van der Waals surface area contributed by atoms with Crippen LogP contribution in [0.25, 0.3) is 0 Å². The predicted molar refractivity (Wildman–Crippen MR) is 94.4 cm³/mol. The molecule has 0 radical (unpaired) electrons. The lowest BCUT2D eigenvalue weighted by Gasteiger charge is -2.29. The van der Waals surface area contributed by atoms with Gasteiger partial charge in [-0.2, -0.15) is 0 Å². The molecule has 1 fully saturated rings. The first-order chi connectivity index (χ1) is 11.5. The van der Waals surface area contributed by atoms with E-state index < -0.39 is 18.5 Å². The Morgan fingerprint density at radius 2 is 1.62 bits per heavy atom. The quantitative estimate of drug-likeness (QED) is 0.457. The average Bonchev–Trinajstić information content (AvgIpc) is 2.60. The Morgan fingerprint density at radius 1 is 1.00 bits per heavy atom. The van der Waals surface area contributed by atoms with E-state index in [1.165, 1.54) is 50.5 Å². The van der Waals surface area contributed by atoms with Crippen LogP contribution >= 0.6 is 0 Å². The van der Waals surface area contributed by atoms with Gasteiger partial charge in [0.15, 0.2) is 6.17 Å². The van der Waals surface area contributed by atoms with Crippen LogP contribution in [0.4, 0.5) is 13.2 Å². The van der Waals surface area contributed by atoms with Gasteiger partial charge in [0, 0.05) is 6.42 Å². The Balaban J connectivity index is 1.93. The highest BCUT2D eigenvalue weighted by atomic mass is 19.3. The third-order valence-corrected chi connectivity index (χ3v) is 5.47. The lowest BCUT2D eigenvalue weighted by atomic mass is 9.77. The Bertz CT molecular complexity index is 472. The number of unbranched alkanes of at least 4 members (excludes halogenated alkanes) is 1. The highest BCUT2D eigenvalue weighted by molar-refractivity contribution is 5.28. The van der Waals surface area contributed by atoms with Gasteiger partial charge in [-0.25, -0.2) is 13.2 Å². The predicted octanol–water partition coefficient (Wildman–Crippen LogP) is 7.60. The van der Waals surface area contributed by atoms with Crippen molar-refractivity contribution < 1.29 is 13.2 Å². The van der Waals surface area contributed by atoms with Crippen molar-refractivity contribution in [3.8, 4) is 0 Å². The van der Waals surface area contributed by atoms with Crippen LogP contribution in [0.1, 0.15) is 94.9 Å². The molecular formula is C21H31F3. The Hall–Kier alpha value is -0.990. The van der Waals surface area contributed by atoms with Crippen LogP contribution in [0.2, 0.25) is 0 Å². The van der Waals surface area contributed by atoms with Gasteiger partial charge in [-0.15, -0.1) is 0 Å². The van der Waals surface area contributed by atoms with Crippen LogP contribution < -0.4 is 0 Å². The molecule has 1 aromatic carbocycles. The number of alkyl halides is 3. The molecule has 1 unspecified atom stereocenters. The van der Waals surface area contributed by atoms with Crippen molar-refractivity contribution in [2.24, 2.45) is 5.92 Å². The summed E-state index contributed by atoms with van der Waals surface area (Å²) in [6, 6.07) is 6.85. The van der Waals surface area contributed by atoms with Crippen molar-refractivity contribution in [2.45, 2.75) is 89.6 Å². The van der Waals surface area contributed by atoms with Gasteiger partial charge in [-0.05, 0) is 48.6 Å². The maximum absolute atomic E-state index is 14.1. The van der Waals surface area contributed by atoms with E-state index in [-0.39, 0.29) is 12.0 Å². The van der Waals surface area contributed by atoms with Crippen LogP contribution in [0.5, 0.6) is 0 Å². The largest absolute Gasteiger partial charge is 0.282 e. The smallest absolute Gasteiger partial charge is 0.236 e. The maximum atomic E-state index is 14.1. The number of benzene rings is 1. The number of rotatable bonds is 8. The fraction of sp³-hybridized carbons (Fsp3) is 0.714. The third-order valence-electron chi connectivity index (χ3n) is 5.47. The second-order valence-electron chi connectivity index (χ2n) is 7.40. The summed E-state index contributed by atoms with van der Waals surface area (Å²) in [6.45, 7) is 3.88. The summed E-state index contributed by atoms with van der Waals surface area (Å²) in [4.78, 5) is 0. The van der Waals surface area contributed by atoms with E-state index in [9.17, 15) is 13.2 Å². The SMILES string of the molecule is CCCCC1CCC(c2ccc(C(F)C(F)(F)CCC)cc2)CC1. The van der Waals surface area contributed by atoms with E-state index in [4.69, 9.17) is 0 Å². The highest BCUT2D eigenvalue weighted by Crippen LogP contribution is 2.40. The van der Waals surface area contributed by atoms with E-state index in [2.05, 4.69) is 6.92 Å². The monoisotopic (exact) mass is 340 g/mol. The normalized spacial score (nSPS) is 23.2. The molecule has 0 aromatic heterocycles. The molecule has 0 bridgehead atoms. The maximum Gasteiger partial charge on any atom is 0.282 e. The molecule has 0 aliphatic heterocycles. The second-order valence-corrected chi connectivity index (χ2v) is 7.40. The summed E-state index contributed by atoms with van der Waals surface area (Å²) in [5.74, 6) is -1.91. The van der Waals surface area contributed by atoms with Crippen molar-refractivity contribution in [1.82, 2.24) is 0 Å². The number of hydrogen-bond donors (Lipinski definition) is 0. The summed E-state index contributed by atoms with van der Waals surface area (Å²) in [7, 11) is 0. The molecule has 1 aromatic rings. The minimum Gasteiger partial charge on any atom is -0.236 e. The average molecular weight is 340 g/mol. The van der Waals surface area contributed by atoms with Gasteiger partial charge in [-0.3, -0.25) is 0 Å². The molecule has 0 saturated heterocycles. The zero-order valence-electron chi connectivity index (χ0n) is 15.0. The van der Waals surface area contributed by atoms with Crippen LogP contribution in [0.15, 0.2) is 24.3 Å². The molecule has 0 N–H and O–H groups in total. The molecule has 136 valence electrons. The molecule has 1 aliphatic carbocycles. The lowest BCUT2D eigenvalue weighted by Crippen LogP contribution is -2.23. The summed E-state index contributed by atoms with van der Waals surface area (Å²) in [6.07, 6.45) is 6.43. The second kappa shape index (κ2) is 8.92. The van der Waals surface area contributed by atoms with Gasteiger partial charge in [0.1, 0.15) is 0 Å². The van der Waals surface area contributed by atoms with Crippen LogP contribution in [0.3, 0.4) is 0 Å². The van der Waals surface area contributed by atoms with Gasteiger partial charge >= 0.3 is 0 Å². The minimum absolute atomic E-state index is 0.105. The molecule has 1 aliphatic rings. The standard InChI is InChI=1S/C21H31F3/c1-3-5-6-16-7-9-17(10-8-16)18-11-13-19(14-12-18)20(22)21(23,24)15-4-2/h11-14,16-17,20H,3-10,15H2,1-2H3. The van der Waals surface area contributed by atoms with E-state index in [1.807, 2.05) is 12.1 Å². The number of hydrogen-bond acceptors (Lipinski definition) is 0. The molecule has 0 spiro atoms. The lowest BCUT2D eigenvalue weighted by molar-refractivity contribution is -0.0807. The molecule has 3 heteroatoms. The van der Waals surface area contributed by atoms with Crippen LogP contribution in [-0.4, -0.2) is 5.92 Å². The van der Waals surface area contributed by atoms with E-state index in [1.54, 1.807) is 19.1 Å². The van der Waals surface area contributed by atoms with Gasteiger partial charge in [-0.1, -0.05) is 63.8 Å². The first kappa shape index (κ1) is 19.3. The highest BCUT2D eigenvalue weighted by Gasteiger charge is 2.40.